The zero-order valence-electron chi connectivity index (χ0n) is 15.4. The number of aromatic nitrogens is 4. The number of amides is 1. The molecule has 2 aliphatic rings. The first-order chi connectivity index (χ1) is 13.2. The Morgan fingerprint density at radius 2 is 1.93 bits per heavy atom. The molecule has 0 aromatic carbocycles. The van der Waals surface area contributed by atoms with Crippen LogP contribution in [0.15, 0.2) is 22.3 Å². The fourth-order valence-corrected chi connectivity index (χ4v) is 4.73. The van der Waals surface area contributed by atoms with E-state index in [4.69, 9.17) is 0 Å². The van der Waals surface area contributed by atoms with Gasteiger partial charge in [0.05, 0.1) is 12.6 Å². The van der Waals surface area contributed by atoms with Crippen LogP contribution in [0.4, 0.5) is 0 Å². The zero-order valence-corrected chi connectivity index (χ0v) is 16.2. The Labute approximate surface area is 162 Å². The van der Waals surface area contributed by atoms with E-state index in [1.54, 1.807) is 0 Å². The second-order valence-corrected chi connectivity index (χ2v) is 8.41. The highest BCUT2D eigenvalue weighted by molar-refractivity contribution is 7.12. The molecule has 9 heteroatoms. The summed E-state index contributed by atoms with van der Waals surface area (Å²) < 4.78 is 2.85. The minimum atomic E-state index is -0.189. The van der Waals surface area contributed by atoms with Gasteiger partial charge in [-0.2, -0.15) is 9.36 Å². The van der Waals surface area contributed by atoms with Gasteiger partial charge in [-0.05, 0) is 53.6 Å². The average molecular weight is 391 g/mol. The highest BCUT2D eigenvalue weighted by Gasteiger charge is 2.26. The molecule has 3 heterocycles. The van der Waals surface area contributed by atoms with Crippen LogP contribution in [0, 0.1) is 0 Å². The van der Waals surface area contributed by atoms with Crippen molar-refractivity contribution in [1.29, 1.82) is 0 Å². The molecule has 27 heavy (non-hydrogen) atoms. The predicted molar refractivity (Wildman–Crippen MR) is 103 cm³/mol. The van der Waals surface area contributed by atoms with E-state index >= 15 is 0 Å². The van der Waals surface area contributed by atoms with E-state index in [0.29, 0.717) is 12.6 Å². The van der Waals surface area contributed by atoms with Gasteiger partial charge in [-0.15, -0.1) is 11.3 Å². The summed E-state index contributed by atoms with van der Waals surface area (Å²) in [6.45, 7) is 2.03. The van der Waals surface area contributed by atoms with Crippen LogP contribution < -0.4 is 11.0 Å². The number of likely N-dealkylation sites (tertiary alicyclic amines) is 1. The van der Waals surface area contributed by atoms with Gasteiger partial charge in [0, 0.05) is 19.1 Å². The van der Waals surface area contributed by atoms with Crippen LogP contribution in [0.25, 0.3) is 5.00 Å². The van der Waals surface area contributed by atoms with Gasteiger partial charge in [-0.3, -0.25) is 9.69 Å². The van der Waals surface area contributed by atoms with Crippen molar-refractivity contribution >= 4 is 17.2 Å². The highest BCUT2D eigenvalue weighted by atomic mass is 32.1. The summed E-state index contributed by atoms with van der Waals surface area (Å²) >= 11 is 1.47. The lowest BCUT2D eigenvalue weighted by atomic mass is 9.95. The number of nitrogens with zero attached hydrogens (tertiary/aromatic N) is 5. The first kappa shape index (κ1) is 18.4. The summed E-state index contributed by atoms with van der Waals surface area (Å²) in [5, 5.41) is 14.0. The first-order valence-electron chi connectivity index (χ1n) is 9.81. The summed E-state index contributed by atoms with van der Waals surface area (Å²) in [7, 11) is 0. The van der Waals surface area contributed by atoms with E-state index in [1.807, 2.05) is 17.5 Å². The Morgan fingerprint density at radius 1 is 1.15 bits per heavy atom. The molecule has 0 unspecified atom stereocenters. The molecule has 0 radical (unpaired) electrons. The fraction of sp³-hybridized carbons (Fsp3) is 0.667. The maximum absolute atomic E-state index is 12.6. The maximum Gasteiger partial charge on any atom is 0.369 e. The molecule has 2 aromatic heterocycles. The van der Waals surface area contributed by atoms with Crippen LogP contribution in [0.3, 0.4) is 0 Å². The molecule has 0 bridgehead atoms. The number of nitrogens with one attached hydrogen (secondary N) is 1. The van der Waals surface area contributed by atoms with Crippen LogP contribution in [0.1, 0.15) is 51.0 Å². The Kier molecular flexibility index (Phi) is 5.68. The minimum absolute atomic E-state index is 0.0452. The summed E-state index contributed by atoms with van der Waals surface area (Å²) in [6, 6.07) is 4.15. The molecule has 1 amide bonds. The monoisotopic (exact) mass is 390 g/mol. The van der Waals surface area contributed by atoms with E-state index in [9.17, 15) is 9.59 Å². The van der Waals surface area contributed by atoms with Crippen LogP contribution in [0.5, 0.6) is 0 Å². The molecule has 1 N–H and O–H groups in total. The number of piperidine rings is 1. The number of rotatable bonds is 5. The summed E-state index contributed by atoms with van der Waals surface area (Å²) in [6.07, 6.45) is 7.55. The lowest BCUT2D eigenvalue weighted by molar-refractivity contribution is -0.123. The van der Waals surface area contributed by atoms with Crippen LogP contribution in [0.2, 0.25) is 0 Å². The molecule has 1 aliphatic heterocycles. The minimum Gasteiger partial charge on any atom is -0.352 e. The predicted octanol–water partition coefficient (Wildman–Crippen LogP) is 1.58. The molecule has 4 rings (SSSR count). The third-order valence-electron chi connectivity index (χ3n) is 5.56. The van der Waals surface area contributed by atoms with E-state index in [-0.39, 0.29) is 17.6 Å². The van der Waals surface area contributed by atoms with Crippen molar-refractivity contribution in [2.75, 3.05) is 19.6 Å². The van der Waals surface area contributed by atoms with Crippen molar-refractivity contribution in [3.8, 4) is 5.00 Å². The molecule has 0 atom stereocenters. The lowest BCUT2D eigenvalue weighted by Gasteiger charge is -2.31. The Balaban J connectivity index is 1.29. The molecule has 2 aromatic rings. The van der Waals surface area contributed by atoms with Crippen LogP contribution in [-0.2, 0) is 4.79 Å². The smallest absolute Gasteiger partial charge is 0.352 e. The highest BCUT2D eigenvalue weighted by Crippen LogP contribution is 2.21. The number of carbonyl (C=O) groups is 1. The molecule has 146 valence electrons. The molecule has 8 nitrogen and oxygen atoms in total. The topological polar surface area (TPSA) is 85.1 Å². The van der Waals surface area contributed by atoms with Gasteiger partial charge in [-0.1, -0.05) is 19.3 Å². The number of tetrazole rings is 1. The van der Waals surface area contributed by atoms with Crippen LogP contribution in [-0.4, -0.2) is 56.3 Å². The van der Waals surface area contributed by atoms with E-state index in [2.05, 4.69) is 20.6 Å². The Bertz CT molecular complexity index is 800. The van der Waals surface area contributed by atoms with Gasteiger partial charge in [-0.25, -0.2) is 4.79 Å². The standard InChI is InChI=1S/C18H26N6O2S/c25-16(19-14-5-2-1-3-6-14)13-22-10-8-15(9-11-22)23-18(26)24(21-20-23)17-7-4-12-27-17/h4,7,12,14-15H,1-3,5-6,8-11,13H2,(H,19,25). The second-order valence-electron chi connectivity index (χ2n) is 7.48. The van der Waals surface area contributed by atoms with Gasteiger partial charge < -0.3 is 5.32 Å². The number of hydrogen-bond acceptors (Lipinski definition) is 6. The van der Waals surface area contributed by atoms with Gasteiger partial charge >= 0.3 is 5.69 Å². The van der Waals surface area contributed by atoms with Gasteiger partial charge in [0.15, 0.2) is 0 Å². The number of carbonyl (C=O) groups excluding carboxylic acids is 1. The van der Waals surface area contributed by atoms with Crippen molar-refractivity contribution in [2.45, 2.75) is 57.0 Å². The van der Waals surface area contributed by atoms with Crippen molar-refractivity contribution in [3.05, 3.63) is 28.0 Å². The van der Waals surface area contributed by atoms with Crippen molar-refractivity contribution in [1.82, 2.24) is 30.0 Å². The third-order valence-corrected chi connectivity index (χ3v) is 6.40. The molecular weight excluding hydrogens is 364 g/mol. The summed E-state index contributed by atoms with van der Waals surface area (Å²) in [5.74, 6) is 0.126. The average Bonchev–Trinajstić information content (AvgIpc) is 3.33. The van der Waals surface area contributed by atoms with Gasteiger partial charge in [0.2, 0.25) is 5.91 Å². The van der Waals surface area contributed by atoms with E-state index in [0.717, 1.165) is 43.8 Å². The van der Waals surface area contributed by atoms with E-state index in [1.165, 1.54) is 40.0 Å². The summed E-state index contributed by atoms with van der Waals surface area (Å²) in [5.41, 5.74) is -0.189. The van der Waals surface area contributed by atoms with E-state index < -0.39 is 0 Å². The SMILES string of the molecule is O=C(CN1CCC(n2nnn(-c3cccs3)c2=O)CC1)NC1CCCCC1. The van der Waals surface area contributed by atoms with Gasteiger partial charge in [0.1, 0.15) is 5.00 Å². The third kappa shape index (κ3) is 4.30. The second kappa shape index (κ2) is 8.35. The number of thiophene rings is 1. The molecule has 1 saturated heterocycles. The van der Waals surface area contributed by atoms with Crippen molar-refractivity contribution < 1.29 is 4.79 Å². The number of hydrogen-bond donors (Lipinski definition) is 1. The summed E-state index contributed by atoms with van der Waals surface area (Å²) in [4.78, 5) is 27.0. The maximum atomic E-state index is 12.6. The van der Waals surface area contributed by atoms with Crippen molar-refractivity contribution in [2.24, 2.45) is 0 Å². The quantitative estimate of drug-likeness (QED) is 0.838. The largest absolute Gasteiger partial charge is 0.369 e. The Morgan fingerprint density at radius 3 is 2.63 bits per heavy atom. The fourth-order valence-electron chi connectivity index (χ4n) is 4.06. The lowest BCUT2D eigenvalue weighted by Crippen LogP contribution is -2.45. The molecule has 0 spiro atoms. The molecule has 1 saturated carbocycles. The molecular formula is C18H26N6O2S. The Hall–Kier alpha value is -2.00. The normalized spacial score (nSPS) is 20.0. The molecule has 2 fully saturated rings. The van der Waals surface area contributed by atoms with Crippen LogP contribution >= 0.6 is 11.3 Å². The van der Waals surface area contributed by atoms with Gasteiger partial charge in [0.25, 0.3) is 0 Å². The first-order valence-corrected chi connectivity index (χ1v) is 10.7. The van der Waals surface area contributed by atoms with Crippen molar-refractivity contribution in [3.63, 3.8) is 0 Å². The zero-order chi connectivity index (χ0) is 18.6. The molecule has 1 aliphatic carbocycles.